The van der Waals surface area contributed by atoms with Gasteiger partial charge in [-0.3, -0.25) is 0 Å². The monoisotopic (exact) mass is 318 g/mol. The fraction of sp³-hybridized carbons (Fsp3) is 0.714. The van der Waals surface area contributed by atoms with Gasteiger partial charge in [0.2, 0.25) is 0 Å². The van der Waals surface area contributed by atoms with E-state index in [0.29, 0.717) is 8.64 Å². The number of nitrogens with two attached hydrogens (primary N) is 2. The van der Waals surface area contributed by atoms with Gasteiger partial charge in [0, 0.05) is 31.0 Å². The Kier molecular flexibility index (Phi) is 15.2. The van der Waals surface area contributed by atoms with Gasteiger partial charge in [0.15, 0.2) is 0 Å². The van der Waals surface area contributed by atoms with Gasteiger partial charge in [0.1, 0.15) is 8.64 Å². The molecule has 0 radical (unpaired) electrons. The Bertz CT molecular complexity index is 159. The minimum absolute atomic E-state index is 0. The SMILES string of the molecule is NC(=S)SCCCCCSC(N)=S.[Zn]. The van der Waals surface area contributed by atoms with Crippen LogP contribution in [0.15, 0.2) is 0 Å². The molecule has 14 heavy (non-hydrogen) atoms. The van der Waals surface area contributed by atoms with E-state index in [1.807, 2.05) is 0 Å². The minimum atomic E-state index is 0. The van der Waals surface area contributed by atoms with E-state index in [1.165, 1.54) is 6.42 Å². The molecule has 0 spiro atoms. The summed E-state index contributed by atoms with van der Waals surface area (Å²) in [5.41, 5.74) is 10.7. The van der Waals surface area contributed by atoms with Gasteiger partial charge in [0.25, 0.3) is 0 Å². The van der Waals surface area contributed by atoms with Crippen LogP contribution in [0.3, 0.4) is 0 Å². The zero-order valence-electron chi connectivity index (χ0n) is 8.03. The smallest absolute Gasteiger partial charge is 0.131 e. The molecule has 0 aliphatic heterocycles. The molecule has 0 aliphatic carbocycles. The summed E-state index contributed by atoms with van der Waals surface area (Å²) in [6, 6.07) is 0. The number of hydrogen-bond acceptors (Lipinski definition) is 4. The molecule has 2 nitrogen and oxygen atoms in total. The Hall–Kier alpha value is 1.10. The van der Waals surface area contributed by atoms with Gasteiger partial charge in [-0.15, -0.1) is 0 Å². The first kappa shape index (κ1) is 17.5. The molecule has 0 bridgehead atoms. The summed E-state index contributed by atoms with van der Waals surface area (Å²) in [6.07, 6.45) is 3.49. The van der Waals surface area contributed by atoms with Crippen molar-refractivity contribution in [1.29, 1.82) is 0 Å². The Morgan fingerprint density at radius 3 is 1.50 bits per heavy atom. The first-order chi connectivity index (χ1) is 6.13. The standard InChI is InChI=1S/C7H14N2S4.Zn/c8-6(10)12-4-2-1-3-5-13-7(9)11;/h1-5H2,(H2,8,10)(H2,9,11);. The van der Waals surface area contributed by atoms with Crippen LogP contribution in [-0.2, 0) is 19.5 Å². The number of thioether (sulfide) groups is 2. The van der Waals surface area contributed by atoms with Crippen LogP contribution in [0, 0.1) is 0 Å². The maximum absolute atomic E-state index is 5.33. The van der Waals surface area contributed by atoms with Crippen LogP contribution in [0.2, 0.25) is 0 Å². The van der Waals surface area contributed by atoms with E-state index in [9.17, 15) is 0 Å². The Labute approximate surface area is 117 Å². The normalized spacial score (nSPS) is 9.14. The largest absolute Gasteiger partial charge is 0.385 e. The molecule has 78 valence electrons. The van der Waals surface area contributed by atoms with Crippen LogP contribution in [0.1, 0.15) is 19.3 Å². The fourth-order valence-electron chi connectivity index (χ4n) is 0.726. The molecule has 0 aliphatic rings. The number of hydrogen-bond donors (Lipinski definition) is 2. The third-order valence-corrected chi connectivity index (χ3v) is 3.54. The van der Waals surface area contributed by atoms with Gasteiger partial charge in [-0.2, -0.15) is 0 Å². The number of thiocarbonyl (C=S) groups is 2. The van der Waals surface area contributed by atoms with Crippen LogP contribution in [-0.4, -0.2) is 20.1 Å². The van der Waals surface area contributed by atoms with Crippen molar-refractivity contribution >= 4 is 56.6 Å². The maximum Gasteiger partial charge on any atom is 0.131 e. The Balaban J connectivity index is 0. The molecule has 7 heteroatoms. The number of rotatable bonds is 6. The molecule has 0 saturated carbocycles. The molecule has 0 aromatic rings. The van der Waals surface area contributed by atoms with Crippen molar-refractivity contribution in [3.63, 3.8) is 0 Å². The maximum atomic E-state index is 5.33. The third kappa shape index (κ3) is 15.6. The van der Waals surface area contributed by atoms with Gasteiger partial charge in [0.05, 0.1) is 0 Å². The van der Waals surface area contributed by atoms with Crippen molar-refractivity contribution in [3.8, 4) is 0 Å². The predicted octanol–water partition coefficient (Wildman–Crippen LogP) is 2.11. The molecule has 0 amide bonds. The quantitative estimate of drug-likeness (QED) is 0.444. The molecule has 0 heterocycles. The molecule has 0 fully saturated rings. The third-order valence-electron chi connectivity index (χ3n) is 1.28. The first-order valence-electron chi connectivity index (χ1n) is 3.97. The summed E-state index contributed by atoms with van der Waals surface area (Å²) in [5.74, 6) is 2.04. The summed E-state index contributed by atoms with van der Waals surface area (Å²) < 4.78 is 1.08. The molecular formula is C7H14N2S4Zn. The van der Waals surface area contributed by atoms with Crippen molar-refractivity contribution in [2.24, 2.45) is 11.5 Å². The summed E-state index contributed by atoms with van der Waals surface area (Å²) in [5, 5.41) is 0. The summed E-state index contributed by atoms with van der Waals surface area (Å²) in [6.45, 7) is 0. The van der Waals surface area contributed by atoms with Crippen molar-refractivity contribution in [3.05, 3.63) is 0 Å². The zero-order chi connectivity index (χ0) is 10.1. The fourth-order valence-corrected chi connectivity index (χ4v) is 2.33. The zero-order valence-corrected chi connectivity index (χ0v) is 14.3. The van der Waals surface area contributed by atoms with Crippen LogP contribution in [0.4, 0.5) is 0 Å². The molecule has 0 aromatic carbocycles. The van der Waals surface area contributed by atoms with Crippen LogP contribution in [0.25, 0.3) is 0 Å². The molecule has 0 unspecified atom stereocenters. The van der Waals surface area contributed by atoms with Gasteiger partial charge in [-0.05, 0) is 12.8 Å². The molecule has 0 aromatic heterocycles. The molecule has 4 N–H and O–H groups in total. The summed E-state index contributed by atoms with van der Waals surface area (Å²) in [4.78, 5) is 0. The van der Waals surface area contributed by atoms with Crippen LogP contribution < -0.4 is 11.5 Å². The predicted molar refractivity (Wildman–Crippen MR) is 72.3 cm³/mol. The van der Waals surface area contributed by atoms with Crippen molar-refractivity contribution in [1.82, 2.24) is 0 Å². The van der Waals surface area contributed by atoms with E-state index < -0.39 is 0 Å². The van der Waals surface area contributed by atoms with Crippen molar-refractivity contribution < 1.29 is 19.5 Å². The van der Waals surface area contributed by atoms with E-state index in [4.69, 9.17) is 35.9 Å². The Morgan fingerprint density at radius 2 is 1.21 bits per heavy atom. The van der Waals surface area contributed by atoms with Crippen molar-refractivity contribution in [2.45, 2.75) is 19.3 Å². The first-order valence-corrected chi connectivity index (χ1v) is 6.76. The molecule has 0 rings (SSSR count). The van der Waals surface area contributed by atoms with Crippen LogP contribution >= 0.6 is 48.0 Å². The average molecular weight is 320 g/mol. The van der Waals surface area contributed by atoms with Crippen molar-refractivity contribution in [2.75, 3.05) is 11.5 Å². The topological polar surface area (TPSA) is 52.0 Å². The van der Waals surface area contributed by atoms with E-state index in [2.05, 4.69) is 0 Å². The van der Waals surface area contributed by atoms with E-state index in [0.717, 1.165) is 24.3 Å². The second-order valence-electron chi connectivity index (χ2n) is 2.40. The summed E-state index contributed by atoms with van der Waals surface area (Å²) in [7, 11) is 0. The van der Waals surface area contributed by atoms with E-state index in [1.54, 1.807) is 23.5 Å². The minimum Gasteiger partial charge on any atom is -0.385 e. The van der Waals surface area contributed by atoms with Gasteiger partial charge < -0.3 is 11.5 Å². The van der Waals surface area contributed by atoms with E-state index in [-0.39, 0.29) is 19.5 Å². The van der Waals surface area contributed by atoms with Crippen LogP contribution in [0.5, 0.6) is 0 Å². The molecular weight excluding hydrogens is 306 g/mol. The molecule has 0 atom stereocenters. The molecule has 0 saturated heterocycles. The number of unbranched alkanes of at least 4 members (excludes halogenated alkanes) is 2. The summed E-state index contributed by atoms with van der Waals surface area (Å²) >= 11 is 12.6. The Morgan fingerprint density at radius 1 is 0.857 bits per heavy atom. The second kappa shape index (κ2) is 12.2. The second-order valence-corrected chi connectivity index (χ2v) is 6.07. The van der Waals surface area contributed by atoms with Gasteiger partial charge in [-0.1, -0.05) is 54.4 Å². The van der Waals surface area contributed by atoms with Gasteiger partial charge in [-0.25, -0.2) is 0 Å². The van der Waals surface area contributed by atoms with Gasteiger partial charge >= 0.3 is 0 Å². The van der Waals surface area contributed by atoms with E-state index >= 15 is 0 Å². The average Bonchev–Trinajstić information content (AvgIpc) is 2.01.